The summed E-state index contributed by atoms with van der Waals surface area (Å²) in [6, 6.07) is 2.26. The Bertz CT molecular complexity index is 752. The number of nitrogens with zero attached hydrogens (tertiary/aromatic N) is 1. The smallest absolute Gasteiger partial charge is 0.329 e. The molecule has 3 rings (SSSR count). The fourth-order valence-electron chi connectivity index (χ4n) is 2.69. The highest BCUT2D eigenvalue weighted by atomic mass is 19.1. The highest BCUT2D eigenvalue weighted by molar-refractivity contribution is 6.06. The first-order valence-corrected chi connectivity index (χ1v) is 6.66. The standard InChI is InChI=1S/C14H14FN3O4/c1-22-8-4-14(5-8,13(20)21)18-12(19)9-2-7(15)3-10-11(9)17-6-16-10/h2-3,6,8H,4-5H2,1H3,(H,16,17)(H,18,19)(H,20,21). The van der Waals surface area contributed by atoms with Crippen LogP contribution in [0.5, 0.6) is 0 Å². The summed E-state index contributed by atoms with van der Waals surface area (Å²) in [6.45, 7) is 0. The molecule has 1 amide bonds. The van der Waals surface area contributed by atoms with E-state index in [0.29, 0.717) is 11.0 Å². The van der Waals surface area contributed by atoms with Crippen molar-refractivity contribution < 1.29 is 23.8 Å². The van der Waals surface area contributed by atoms with E-state index in [1.54, 1.807) is 0 Å². The Morgan fingerprint density at radius 1 is 1.50 bits per heavy atom. The van der Waals surface area contributed by atoms with E-state index in [4.69, 9.17) is 4.74 Å². The molecule has 1 heterocycles. The van der Waals surface area contributed by atoms with Crippen LogP contribution in [-0.4, -0.2) is 45.7 Å². The highest BCUT2D eigenvalue weighted by Crippen LogP contribution is 2.35. The number of aliphatic carboxylic acids is 1. The summed E-state index contributed by atoms with van der Waals surface area (Å²) in [5.74, 6) is -2.41. The molecule has 0 unspecified atom stereocenters. The minimum Gasteiger partial charge on any atom is -0.480 e. The van der Waals surface area contributed by atoms with Gasteiger partial charge in [-0.3, -0.25) is 4.79 Å². The number of hydrogen-bond acceptors (Lipinski definition) is 4. The van der Waals surface area contributed by atoms with Gasteiger partial charge in [-0.05, 0) is 12.1 Å². The third-order valence-corrected chi connectivity index (χ3v) is 3.98. The summed E-state index contributed by atoms with van der Waals surface area (Å²) >= 11 is 0. The van der Waals surface area contributed by atoms with Gasteiger partial charge >= 0.3 is 5.97 Å². The molecule has 1 fully saturated rings. The monoisotopic (exact) mass is 307 g/mol. The number of carboxylic acid groups (broad SMARTS) is 1. The van der Waals surface area contributed by atoms with E-state index in [0.717, 1.165) is 6.07 Å². The second-order valence-corrected chi connectivity index (χ2v) is 5.36. The van der Waals surface area contributed by atoms with Crippen molar-refractivity contribution in [1.29, 1.82) is 0 Å². The lowest BCUT2D eigenvalue weighted by Crippen LogP contribution is -2.64. The number of amides is 1. The largest absolute Gasteiger partial charge is 0.480 e. The zero-order chi connectivity index (χ0) is 15.9. The lowest BCUT2D eigenvalue weighted by atomic mass is 9.74. The summed E-state index contributed by atoms with van der Waals surface area (Å²) in [6.07, 6.45) is 1.47. The lowest BCUT2D eigenvalue weighted by Gasteiger charge is -2.43. The first kappa shape index (κ1) is 14.5. The number of aromatic nitrogens is 2. The number of methoxy groups -OCH3 is 1. The summed E-state index contributed by atoms with van der Waals surface area (Å²) in [7, 11) is 1.48. The molecule has 1 aromatic carbocycles. The summed E-state index contributed by atoms with van der Waals surface area (Å²) < 4.78 is 18.6. The van der Waals surface area contributed by atoms with Gasteiger partial charge in [-0.1, -0.05) is 0 Å². The number of carbonyl (C=O) groups excluding carboxylic acids is 1. The molecule has 1 aliphatic rings. The van der Waals surface area contributed by atoms with Crippen molar-refractivity contribution in [3.05, 3.63) is 29.8 Å². The van der Waals surface area contributed by atoms with Gasteiger partial charge in [-0.25, -0.2) is 14.2 Å². The number of aromatic amines is 1. The van der Waals surface area contributed by atoms with E-state index in [-0.39, 0.29) is 24.5 Å². The van der Waals surface area contributed by atoms with E-state index in [2.05, 4.69) is 15.3 Å². The minimum absolute atomic E-state index is 0.00209. The average Bonchev–Trinajstić information content (AvgIpc) is 2.88. The molecule has 0 radical (unpaired) electrons. The van der Waals surface area contributed by atoms with Gasteiger partial charge in [0, 0.05) is 20.0 Å². The van der Waals surface area contributed by atoms with Crippen molar-refractivity contribution in [3.8, 4) is 0 Å². The van der Waals surface area contributed by atoms with Gasteiger partial charge in [0.2, 0.25) is 0 Å². The lowest BCUT2D eigenvalue weighted by molar-refractivity contribution is -0.155. The molecule has 116 valence electrons. The Balaban J connectivity index is 1.90. The SMILES string of the molecule is COC1CC(NC(=O)c2cc(F)cc3[nH]cnc23)(C(=O)O)C1. The maximum atomic E-state index is 13.6. The fourth-order valence-corrected chi connectivity index (χ4v) is 2.69. The summed E-state index contributed by atoms with van der Waals surface area (Å²) in [5, 5.41) is 11.8. The quantitative estimate of drug-likeness (QED) is 0.783. The number of rotatable bonds is 4. The molecule has 2 aromatic rings. The molecule has 8 heteroatoms. The van der Waals surface area contributed by atoms with Crippen LogP contribution in [0.2, 0.25) is 0 Å². The van der Waals surface area contributed by atoms with E-state index >= 15 is 0 Å². The van der Waals surface area contributed by atoms with Crippen LogP contribution < -0.4 is 5.32 Å². The third kappa shape index (κ3) is 2.21. The van der Waals surface area contributed by atoms with E-state index in [1.807, 2.05) is 0 Å². The van der Waals surface area contributed by atoms with Crippen LogP contribution in [0, 0.1) is 5.82 Å². The van der Waals surface area contributed by atoms with Gasteiger partial charge in [-0.2, -0.15) is 0 Å². The maximum Gasteiger partial charge on any atom is 0.329 e. The topological polar surface area (TPSA) is 104 Å². The number of ether oxygens (including phenoxy) is 1. The molecular weight excluding hydrogens is 293 g/mol. The predicted octanol–water partition coefficient (Wildman–Crippen LogP) is 1.06. The van der Waals surface area contributed by atoms with Crippen molar-refractivity contribution in [1.82, 2.24) is 15.3 Å². The zero-order valence-corrected chi connectivity index (χ0v) is 11.7. The third-order valence-electron chi connectivity index (χ3n) is 3.98. The van der Waals surface area contributed by atoms with Crippen LogP contribution in [0.1, 0.15) is 23.2 Å². The molecule has 0 spiro atoms. The predicted molar refractivity (Wildman–Crippen MR) is 73.9 cm³/mol. The molecule has 0 atom stereocenters. The molecule has 1 saturated carbocycles. The zero-order valence-electron chi connectivity index (χ0n) is 11.7. The second kappa shape index (κ2) is 5.06. The molecule has 7 nitrogen and oxygen atoms in total. The van der Waals surface area contributed by atoms with E-state index < -0.39 is 23.2 Å². The van der Waals surface area contributed by atoms with Gasteiger partial charge in [-0.15, -0.1) is 0 Å². The average molecular weight is 307 g/mol. The van der Waals surface area contributed by atoms with Gasteiger partial charge < -0.3 is 20.1 Å². The number of carboxylic acids is 1. The number of hydrogen-bond donors (Lipinski definition) is 3. The number of carbonyl (C=O) groups is 2. The molecule has 1 aromatic heterocycles. The van der Waals surface area contributed by atoms with Gasteiger partial charge in [0.25, 0.3) is 5.91 Å². The van der Waals surface area contributed by atoms with Crippen molar-refractivity contribution in [3.63, 3.8) is 0 Å². The van der Waals surface area contributed by atoms with Gasteiger partial charge in [0.15, 0.2) is 0 Å². The molecule has 22 heavy (non-hydrogen) atoms. The Labute approximate surface area is 124 Å². The molecular formula is C14H14FN3O4. The first-order chi connectivity index (χ1) is 10.4. The number of halogens is 1. The van der Waals surface area contributed by atoms with Crippen LogP contribution in [0.25, 0.3) is 11.0 Å². The van der Waals surface area contributed by atoms with Gasteiger partial charge in [0.05, 0.1) is 23.5 Å². The highest BCUT2D eigenvalue weighted by Gasteiger charge is 2.52. The molecule has 0 bridgehead atoms. The fraction of sp³-hybridized carbons (Fsp3) is 0.357. The van der Waals surface area contributed by atoms with Crippen LogP contribution in [0.3, 0.4) is 0 Å². The second-order valence-electron chi connectivity index (χ2n) is 5.36. The Morgan fingerprint density at radius 2 is 2.23 bits per heavy atom. The van der Waals surface area contributed by atoms with E-state index in [1.165, 1.54) is 19.5 Å². The van der Waals surface area contributed by atoms with Gasteiger partial charge in [0.1, 0.15) is 16.9 Å². The maximum absolute atomic E-state index is 13.6. The minimum atomic E-state index is -1.38. The van der Waals surface area contributed by atoms with Crippen LogP contribution >= 0.6 is 0 Å². The molecule has 0 aliphatic heterocycles. The molecule has 1 aliphatic carbocycles. The number of imidazole rings is 1. The van der Waals surface area contributed by atoms with Crippen LogP contribution in [-0.2, 0) is 9.53 Å². The molecule has 3 N–H and O–H groups in total. The van der Waals surface area contributed by atoms with Crippen molar-refractivity contribution in [2.45, 2.75) is 24.5 Å². The Kier molecular flexibility index (Phi) is 3.32. The van der Waals surface area contributed by atoms with Crippen molar-refractivity contribution in [2.24, 2.45) is 0 Å². The van der Waals surface area contributed by atoms with Crippen LogP contribution in [0.4, 0.5) is 4.39 Å². The Hall–Kier alpha value is -2.48. The number of fused-ring (bicyclic) bond motifs is 1. The Morgan fingerprint density at radius 3 is 2.86 bits per heavy atom. The van der Waals surface area contributed by atoms with E-state index in [9.17, 15) is 19.1 Å². The molecule has 0 saturated heterocycles. The van der Waals surface area contributed by atoms with Crippen molar-refractivity contribution in [2.75, 3.05) is 7.11 Å². The first-order valence-electron chi connectivity index (χ1n) is 6.66. The number of nitrogens with one attached hydrogen (secondary N) is 2. The van der Waals surface area contributed by atoms with Crippen LogP contribution in [0.15, 0.2) is 18.5 Å². The normalized spacial score (nSPS) is 24.0. The van der Waals surface area contributed by atoms with Crippen molar-refractivity contribution >= 4 is 22.9 Å². The summed E-state index contributed by atoms with van der Waals surface area (Å²) in [4.78, 5) is 30.5. The summed E-state index contributed by atoms with van der Waals surface area (Å²) in [5.41, 5.74) is -0.718. The number of H-pyrrole nitrogens is 1. The number of benzene rings is 1.